The molecular weight excluding hydrogens is 732 g/mol. The number of ether oxygens (including phenoxy) is 3. The van der Waals surface area contributed by atoms with E-state index >= 15 is 0 Å². The van der Waals surface area contributed by atoms with Crippen LogP contribution in [0.4, 0.5) is 15.3 Å². The molecule has 0 aromatic heterocycles. The Labute approximate surface area is 323 Å². The molecule has 4 rings (SSSR count). The first-order chi connectivity index (χ1) is 26.7. The highest BCUT2D eigenvalue weighted by atomic mass is 16.6. The van der Waals surface area contributed by atoms with Crippen LogP contribution in [0.15, 0.2) is 54.6 Å². The minimum atomic E-state index is -2.75. The highest BCUT2D eigenvalue weighted by Crippen LogP contribution is 2.38. The van der Waals surface area contributed by atoms with Gasteiger partial charge in [0.05, 0.1) is 11.0 Å². The summed E-state index contributed by atoms with van der Waals surface area (Å²) in [4.78, 5) is 109. The SMILES string of the molecule is COC1CC(=O)C(C(=O)[C@H]2CCCN2C(=O)[C@H](C)NC(=O)[C@H](CCCCN)NC(=O)OCc2ccccc2)(N(C(=O)Oc2ccc([N+](=O)[O-])cc2)C(C)C)C1=O. The molecule has 2 fully saturated rings. The molecule has 2 aromatic carbocycles. The summed E-state index contributed by atoms with van der Waals surface area (Å²) in [5, 5.41) is 16.3. The predicted molar refractivity (Wildman–Crippen MR) is 198 cm³/mol. The Morgan fingerprint density at radius 2 is 1.70 bits per heavy atom. The van der Waals surface area contributed by atoms with Crippen LogP contribution in [0, 0.1) is 10.1 Å². The number of nitro groups is 1. The third-order valence-corrected chi connectivity index (χ3v) is 9.73. The number of methoxy groups -OCH3 is 1. The number of nitrogens with one attached hydrogen (secondary N) is 2. The Balaban J connectivity index is 1.56. The number of benzene rings is 2. The zero-order chi connectivity index (χ0) is 41.2. The summed E-state index contributed by atoms with van der Waals surface area (Å²) in [5.41, 5.74) is 3.34. The van der Waals surface area contributed by atoms with Crippen molar-refractivity contribution < 1.29 is 52.7 Å². The third kappa shape index (κ3) is 9.54. The molecule has 2 aliphatic rings. The molecule has 1 saturated heterocycles. The number of carbonyl (C=O) groups is 7. The summed E-state index contributed by atoms with van der Waals surface area (Å²) in [6, 6.07) is 8.73. The van der Waals surface area contributed by atoms with E-state index < -0.39 is 88.5 Å². The van der Waals surface area contributed by atoms with Gasteiger partial charge in [-0.05, 0) is 77.1 Å². The van der Waals surface area contributed by atoms with Crippen LogP contribution in [0.1, 0.15) is 64.9 Å². The number of likely N-dealkylation sites (tertiary alicyclic amines) is 1. The van der Waals surface area contributed by atoms with Crippen LogP contribution < -0.4 is 21.1 Å². The first-order valence-electron chi connectivity index (χ1n) is 18.4. The van der Waals surface area contributed by atoms with Crippen molar-refractivity contribution in [2.24, 2.45) is 5.73 Å². The zero-order valence-electron chi connectivity index (χ0n) is 31.8. The van der Waals surface area contributed by atoms with Crippen LogP contribution in [0.2, 0.25) is 0 Å². The number of nitro benzene ring substituents is 1. The Kier molecular flexibility index (Phi) is 14.7. The standard InChI is InChI=1S/C38H48N6O12/c1-23(2)43(37(51)56-27-17-15-26(16-18-27)44(52)53)38(31(45)21-30(54-4)33(38)47)32(46)29-14-10-20-42(29)35(49)24(3)40-34(48)28(13-8-9-19-39)41-36(50)55-22-25-11-6-5-7-12-25/h5-7,11-12,15-18,23-24,28-30H,8-10,13-14,19-22,39H2,1-4H3,(H,40,48)(H,41,50)/t24-,28-,29+,30?,38?/m0/s1. The molecule has 1 aliphatic carbocycles. The molecule has 5 atom stereocenters. The summed E-state index contributed by atoms with van der Waals surface area (Å²) >= 11 is 0. The lowest BCUT2D eigenvalue weighted by molar-refractivity contribution is -0.384. The minimum absolute atomic E-state index is 0.0283. The Bertz CT molecular complexity index is 1790. The molecule has 18 heteroatoms. The number of nitrogens with two attached hydrogens (primary N) is 1. The normalized spacial score (nSPS) is 20.3. The van der Waals surface area contributed by atoms with E-state index in [1.54, 1.807) is 24.3 Å². The van der Waals surface area contributed by atoms with Gasteiger partial charge in [0, 0.05) is 38.2 Å². The number of hydrogen-bond donors (Lipinski definition) is 3. The van der Waals surface area contributed by atoms with E-state index in [9.17, 15) is 43.7 Å². The van der Waals surface area contributed by atoms with Gasteiger partial charge in [0.25, 0.3) is 5.69 Å². The number of amides is 4. The molecule has 18 nitrogen and oxygen atoms in total. The molecule has 56 heavy (non-hydrogen) atoms. The summed E-state index contributed by atoms with van der Waals surface area (Å²) in [6.07, 6.45) is -2.47. The third-order valence-electron chi connectivity index (χ3n) is 9.73. The summed E-state index contributed by atoms with van der Waals surface area (Å²) in [7, 11) is 1.18. The fraction of sp³-hybridized carbons (Fsp3) is 0.500. The number of carbonyl (C=O) groups excluding carboxylic acids is 7. The number of ketones is 3. The van der Waals surface area contributed by atoms with Crippen molar-refractivity contribution in [2.45, 2.75) is 102 Å². The second kappa shape index (κ2) is 19.2. The molecule has 2 aromatic rings. The van der Waals surface area contributed by atoms with Crippen molar-refractivity contribution in [3.8, 4) is 5.75 Å². The maximum atomic E-state index is 14.8. The first kappa shape index (κ1) is 43.0. The van der Waals surface area contributed by atoms with E-state index in [0.717, 1.165) is 34.7 Å². The van der Waals surface area contributed by atoms with E-state index in [2.05, 4.69) is 10.6 Å². The molecule has 1 saturated carbocycles. The molecule has 4 N–H and O–H groups in total. The number of unbranched alkanes of at least 4 members (excludes halogenated alkanes) is 1. The van der Waals surface area contributed by atoms with Crippen molar-refractivity contribution in [1.82, 2.24) is 20.4 Å². The lowest BCUT2D eigenvalue weighted by atomic mass is 9.82. The van der Waals surface area contributed by atoms with Crippen LogP contribution in [0.5, 0.6) is 5.75 Å². The van der Waals surface area contributed by atoms with E-state index in [0.29, 0.717) is 25.8 Å². The average Bonchev–Trinajstić information content (AvgIpc) is 3.76. The van der Waals surface area contributed by atoms with E-state index in [4.69, 9.17) is 19.9 Å². The van der Waals surface area contributed by atoms with Crippen LogP contribution in [-0.4, -0.2) is 112 Å². The van der Waals surface area contributed by atoms with Gasteiger partial charge in [-0.2, -0.15) is 0 Å². The first-order valence-corrected chi connectivity index (χ1v) is 18.4. The van der Waals surface area contributed by atoms with Crippen LogP contribution >= 0.6 is 0 Å². The minimum Gasteiger partial charge on any atom is -0.445 e. The van der Waals surface area contributed by atoms with Gasteiger partial charge in [-0.1, -0.05) is 30.3 Å². The van der Waals surface area contributed by atoms with Crippen molar-refractivity contribution in [1.29, 1.82) is 0 Å². The fourth-order valence-corrected chi connectivity index (χ4v) is 6.96. The molecular formula is C38H48N6O12. The van der Waals surface area contributed by atoms with Gasteiger partial charge >= 0.3 is 12.2 Å². The lowest BCUT2D eigenvalue weighted by Crippen LogP contribution is -2.70. The quantitative estimate of drug-likeness (QED) is 0.0905. The van der Waals surface area contributed by atoms with Gasteiger partial charge in [-0.25, -0.2) is 9.59 Å². The van der Waals surface area contributed by atoms with Crippen molar-refractivity contribution in [3.63, 3.8) is 0 Å². The highest BCUT2D eigenvalue weighted by Gasteiger charge is 2.67. The van der Waals surface area contributed by atoms with Gasteiger partial charge in [0.2, 0.25) is 23.1 Å². The molecule has 4 amide bonds. The molecule has 0 bridgehead atoms. The highest BCUT2D eigenvalue weighted by molar-refractivity contribution is 6.36. The second-order valence-corrected chi connectivity index (χ2v) is 13.8. The largest absolute Gasteiger partial charge is 0.445 e. The van der Waals surface area contributed by atoms with Gasteiger partial charge in [0.1, 0.15) is 30.5 Å². The van der Waals surface area contributed by atoms with Crippen molar-refractivity contribution in [3.05, 3.63) is 70.3 Å². The van der Waals surface area contributed by atoms with E-state index in [-0.39, 0.29) is 37.4 Å². The maximum absolute atomic E-state index is 14.8. The van der Waals surface area contributed by atoms with Gasteiger partial charge in [0.15, 0.2) is 11.6 Å². The van der Waals surface area contributed by atoms with Crippen LogP contribution in [0.3, 0.4) is 0 Å². The molecule has 302 valence electrons. The molecule has 0 radical (unpaired) electrons. The van der Waals surface area contributed by atoms with E-state index in [1.165, 1.54) is 32.8 Å². The van der Waals surface area contributed by atoms with Crippen molar-refractivity contribution in [2.75, 3.05) is 20.2 Å². The molecule has 1 heterocycles. The number of nitrogens with zero attached hydrogens (tertiary/aromatic N) is 3. The second-order valence-electron chi connectivity index (χ2n) is 13.8. The van der Waals surface area contributed by atoms with Crippen LogP contribution in [-0.2, 0) is 40.1 Å². The van der Waals surface area contributed by atoms with Gasteiger partial charge in [-0.3, -0.25) is 39.0 Å². The van der Waals surface area contributed by atoms with Gasteiger partial charge < -0.3 is 35.5 Å². The number of Topliss-reactive ketones (excluding diaryl/α,β-unsaturated/α-hetero) is 3. The maximum Gasteiger partial charge on any atom is 0.417 e. The zero-order valence-corrected chi connectivity index (χ0v) is 31.8. The number of rotatable bonds is 17. The summed E-state index contributed by atoms with van der Waals surface area (Å²) < 4.78 is 16.0. The smallest absolute Gasteiger partial charge is 0.417 e. The fourth-order valence-electron chi connectivity index (χ4n) is 6.96. The summed E-state index contributed by atoms with van der Waals surface area (Å²) in [5.74, 6) is -4.52. The predicted octanol–water partition coefficient (Wildman–Crippen LogP) is 2.59. The number of non-ortho nitro benzene ring substituents is 1. The lowest BCUT2D eigenvalue weighted by Gasteiger charge is -2.41. The van der Waals surface area contributed by atoms with E-state index in [1.807, 2.05) is 6.07 Å². The van der Waals surface area contributed by atoms with Crippen molar-refractivity contribution >= 4 is 47.0 Å². The number of alkyl carbamates (subject to hydrolysis) is 1. The van der Waals surface area contributed by atoms with Gasteiger partial charge in [-0.15, -0.1) is 0 Å². The monoisotopic (exact) mass is 780 g/mol. The Morgan fingerprint density at radius 3 is 2.29 bits per heavy atom. The molecule has 1 aliphatic heterocycles. The van der Waals surface area contributed by atoms with Crippen LogP contribution in [0.25, 0.3) is 0 Å². The molecule has 0 spiro atoms. The number of hydrogen-bond acceptors (Lipinski definition) is 13. The Hall–Kier alpha value is -5.75. The molecule has 2 unspecified atom stereocenters. The summed E-state index contributed by atoms with van der Waals surface area (Å²) in [6.45, 7) is 4.68. The average molecular weight is 781 g/mol. The topological polar surface area (TPSA) is 247 Å². The Morgan fingerprint density at radius 1 is 1.02 bits per heavy atom.